The summed E-state index contributed by atoms with van der Waals surface area (Å²) in [6, 6.07) is 7.16. The van der Waals surface area contributed by atoms with E-state index >= 15 is 0 Å². The molecule has 0 spiro atoms. The third-order valence-electron chi connectivity index (χ3n) is 4.10. The van der Waals surface area contributed by atoms with Gasteiger partial charge in [0.15, 0.2) is 0 Å². The molecule has 0 saturated carbocycles. The molecule has 30 heavy (non-hydrogen) atoms. The Kier molecular flexibility index (Phi) is 6.70. The molecule has 0 radical (unpaired) electrons. The number of halogens is 3. The number of carbonyl (C=O) groups is 1. The Morgan fingerprint density at radius 1 is 1.20 bits per heavy atom. The molecular weight excluding hydrogens is 427 g/mol. The van der Waals surface area contributed by atoms with Crippen molar-refractivity contribution >= 4 is 33.0 Å². The largest absolute Gasteiger partial charge is 0.416 e. The molecule has 1 atom stereocenters. The number of rotatable bonds is 7. The van der Waals surface area contributed by atoms with Gasteiger partial charge in [-0.25, -0.2) is 8.42 Å². The minimum Gasteiger partial charge on any atom is -0.324 e. The number of nitrogens with one attached hydrogen (secondary N) is 1. The van der Waals surface area contributed by atoms with Crippen LogP contribution >= 0.6 is 0 Å². The maximum atomic E-state index is 12.7. The van der Waals surface area contributed by atoms with Crippen molar-refractivity contribution in [1.29, 1.82) is 0 Å². The first-order valence-electron chi connectivity index (χ1n) is 8.56. The average Bonchev–Trinajstić information content (AvgIpc) is 2.64. The smallest absolute Gasteiger partial charge is 0.324 e. The summed E-state index contributed by atoms with van der Waals surface area (Å²) in [4.78, 5) is 23.0. The van der Waals surface area contributed by atoms with Gasteiger partial charge in [0.2, 0.25) is 15.9 Å². The normalized spacial score (nSPS) is 12.8. The van der Waals surface area contributed by atoms with E-state index in [9.17, 15) is 36.5 Å². The van der Waals surface area contributed by atoms with Gasteiger partial charge in [-0.05, 0) is 36.8 Å². The van der Waals surface area contributed by atoms with E-state index < -0.39 is 38.6 Å². The lowest BCUT2D eigenvalue weighted by Gasteiger charge is -2.30. The van der Waals surface area contributed by atoms with E-state index in [0.717, 1.165) is 40.9 Å². The van der Waals surface area contributed by atoms with Gasteiger partial charge in [-0.2, -0.15) is 13.2 Å². The minimum absolute atomic E-state index is 0.00221. The molecule has 0 heterocycles. The van der Waals surface area contributed by atoms with Crippen LogP contribution < -0.4 is 9.62 Å². The molecule has 162 valence electrons. The van der Waals surface area contributed by atoms with Crippen molar-refractivity contribution in [2.45, 2.75) is 25.6 Å². The number of amides is 1. The van der Waals surface area contributed by atoms with Crippen LogP contribution in [-0.4, -0.2) is 31.5 Å². The Hall–Kier alpha value is -3.15. The highest BCUT2D eigenvalue weighted by molar-refractivity contribution is 7.92. The summed E-state index contributed by atoms with van der Waals surface area (Å²) < 4.78 is 63.5. The van der Waals surface area contributed by atoms with Crippen molar-refractivity contribution in [2.24, 2.45) is 0 Å². The molecule has 0 aliphatic heterocycles. The molecular formula is C18H18F3N3O5S. The van der Waals surface area contributed by atoms with Gasteiger partial charge in [0.05, 0.1) is 22.4 Å². The summed E-state index contributed by atoms with van der Waals surface area (Å²) in [6.45, 7) is 1.53. The number of hydrogen-bond acceptors (Lipinski definition) is 5. The highest BCUT2D eigenvalue weighted by Gasteiger charge is 2.33. The fourth-order valence-electron chi connectivity index (χ4n) is 2.77. The van der Waals surface area contributed by atoms with Crippen LogP contribution in [0.15, 0.2) is 48.5 Å². The zero-order valence-corrected chi connectivity index (χ0v) is 16.7. The fraction of sp³-hybridized carbons (Fsp3) is 0.278. The minimum atomic E-state index is -4.54. The van der Waals surface area contributed by atoms with Crippen LogP contribution in [0.2, 0.25) is 0 Å². The van der Waals surface area contributed by atoms with Gasteiger partial charge in [-0.1, -0.05) is 13.0 Å². The summed E-state index contributed by atoms with van der Waals surface area (Å²) >= 11 is 0. The number of nitrogens with zero attached hydrogens (tertiary/aromatic N) is 2. The van der Waals surface area contributed by atoms with Gasteiger partial charge < -0.3 is 5.32 Å². The summed E-state index contributed by atoms with van der Waals surface area (Å²) in [5, 5.41) is 13.4. The quantitative estimate of drug-likeness (QED) is 0.515. The van der Waals surface area contributed by atoms with Crippen LogP contribution in [0.4, 0.5) is 30.2 Å². The second-order valence-corrected chi connectivity index (χ2v) is 8.18. The molecule has 0 aliphatic carbocycles. The molecule has 0 aliphatic rings. The first-order valence-corrected chi connectivity index (χ1v) is 10.4. The van der Waals surface area contributed by atoms with Gasteiger partial charge in [0.1, 0.15) is 6.04 Å². The Labute approximate surface area is 170 Å². The van der Waals surface area contributed by atoms with E-state index in [-0.39, 0.29) is 23.5 Å². The van der Waals surface area contributed by atoms with Crippen molar-refractivity contribution in [3.63, 3.8) is 0 Å². The van der Waals surface area contributed by atoms with Crippen LogP contribution in [0.1, 0.15) is 18.9 Å². The summed E-state index contributed by atoms with van der Waals surface area (Å²) in [6.07, 6.45) is -3.69. The van der Waals surface area contributed by atoms with Gasteiger partial charge in [-0.3, -0.25) is 19.2 Å². The molecule has 1 N–H and O–H groups in total. The van der Waals surface area contributed by atoms with E-state index in [0.29, 0.717) is 0 Å². The number of carbonyl (C=O) groups excluding carboxylic acids is 1. The lowest BCUT2D eigenvalue weighted by molar-refractivity contribution is -0.384. The Balaban J connectivity index is 2.36. The van der Waals surface area contributed by atoms with Crippen molar-refractivity contribution in [3.8, 4) is 0 Å². The SMILES string of the molecule is CCC(C(=O)Nc1ccc(C(F)(F)F)cc1)N(c1cccc([N+](=O)[O-])c1)S(C)(=O)=O. The number of benzene rings is 2. The van der Waals surface area contributed by atoms with Gasteiger partial charge in [-0.15, -0.1) is 0 Å². The molecule has 2 aromatic rings. The average molecular weight is 445 g/mol. The summed E-state index contributed by atoms with van der Waals surface area (Å²) in [5.41, 5.74) is -1.30. The second kappa shape index (κ2) is 8.69. The zero-order valence-electron chi connectivity index (χ0n) is 15.9. The van der Waals surface area contributed by atoms with E-state index in [4.69, 9.17) is 0 Å². The molecule has 1 unspecified atom stereocenters. The number of hydrogen-bond donors (Lipinski definition) is 1. The molecule has 12 heteroatoms. The number of alkyl halides is 3. The molecule has 0 aromatic heterocycles. The van der Waals surface area contributed by atoms with Crippen LogP contribution in [0.25, 0.3) is 0 Å². The Morgan fingerprint density at radius 2 is 1.80 bits per heavy atom. The van der Waals surface area contributed by atoms with E-state index in [1.165, 1.54) is 25.1 Å². The lowest BCUT2D eigenvalue weighted by Crippen LogP contribution is -2.47. The highest BCUT2D eigenvalue weighted by atomic mass is 32.2. The van der Waals surface area contributed by atoms with Crippen LogP contribution in [-0.2, 0) is 21.0 Å². The summed E-state index contributed by atoms with van der Waals surface area (Å²) in [5.74, 6) is -0.797. The van der Waals surface area contributed by atoms with E-state index in [2.05, 4.69) is 5.32 Å². The monoisotopic (exact) mass is 445 g/mol. The number of non-ortho nitro benzene ring substituents is 1. The van der Waals surface area contributed by atoms with E-state index in [1.807, 2.05) is 0 Å². The molecule has 0 saturated heterocycles. The van der Waals surface area contributed by atoms with Crippen molar-refractivity contribution < 1.29 is 31.3 Å². The van der Waals surface area contributed by atoms with Gasteiger partial charge in [0, 0.05) is 17.8 Å². The van der Waals surface area contributed by atoms with Crippen LogP contribution in [0.5, 0.6) is 0 Å². The summed E-state index contributed by atoms with van der Waals surface area (Å²) in [7, 11) is -4.03. The Morgan fingerprint density at radius 3 is 2.27 bits per heavy atom. The first-order chi connectivity index (χ1) is 13.8. The molecule has 8 nitrogen and oxygen atoms in total. The second-order valence-electron chi connectivity index (χ2n) is 6.32. The fourth-order valence-corrected chi connectivity index (χ4v) is 3.98. The number of nitro benzene ring substituents is 1. The maximum absolute atomic E-state index is 12.7. The number of sulfonamides is 1. The van der Waals surface area contributed by atoms with Crippen LogP contribution in [0, 0.1) is 10.1 Å². The molecule has 0 bridgehead atoms. The molecule has 2 rings (SSSR count). The first kappa shape index (κ1) is 23.1. The van der Waals surface area contributed by atoms with Gasteiger partial charge in [0.25, 0.3) is 5.69 Å². The van der Waals surface area contributed by atoms with Crippen molar-refractivity contribution in [2.75, 3.05) is 15.9 Å². The molecule has 1 amide bonds. The molecule has 0 fully saturated rings. The molecule has 2 aromatic carbocycles. The third-order valence-corrected chi connectivity index (χ3v) is 5.28. The topological polar surface area (TPSA) is 110 Å². The van der Waals surface area contributed by atoms with Crippen molar-refractivity contribution in [3.05, 3.63) is 64.2 Å². The van der Waals surface area contributed by atoms with E-state index in [1.54, 1.807) is 0 Å². The van der Waals surface area contributed by atoms with Crippen LogP contribution in [0.3, 0.4) is 0 Å². The Bertz CT molecular complexity index is 1040. The predicted molar refractivity (Wildman–Crippen MR) is 105 cm³/mol. The number of nitro groups is 1. The standard InChI is InChI=1S/C18H18F3N3O5S/c1-3-16(17(25)22-13-9-7-12(8-10-13)18(19,20)21)23(30(2,28)29)14-5-4-6-15(11-14)24(26)27/h4-11,16H,3H2,1-2H3,(H,22,25). The van der Waals surface area contributed by atoms with Gasteiger partial charge >= 0.3 is 6.18 Å². The highest BCUT2D eigenvalue weighted by Crippen LogP contribution is 2.30. The maximum Gasteiger partial charge on any atom is 0.416 e. The zero-order chi connectivity index (χ0) is 22.7. The number of anilines is 2. The third kappa shape index (κ3) is 5.47. The van der Waals surface area contributed by atoms with Crippen molar-refractivity contribution in [1.82, 2.24) is 0 Å². The lowest BCUT2D eigenvalue weighted by atomic mass is 10.1. The predicted octanol–water partition coefficient (Wildman–Crippen LogP) is 3.80.